The minimum Gasteiger partial charge on any atom is -0.496 e. The van der Waals surface area contributed by atoms with Crippen molar-refractivity contribution in [2.45, 2.75) is 25.9 Å². The van der Waals surface area contributed by atoms with Crippen LogP contribution < -0.4 is 10.5 Å². The highest BCUT2D eigenvalue weighted by atomic mass is 16.6. The van der Waals surface area contributed by atoms with Gasteiger partial charge in [0.15, 0.2) is 0 Å². The standard InChI is InChI=1S/C15H19N3O3/c1-11(16)7-12-5-6-17(9-12)10-13-8-14(18(19)20)3-4-15(13)21-2/h3-6,8-9,11H,7,10,16H2,1-2H3. The average Bonchev–Trinajstić information content (AvgIpc) is 2.85. The Morgan fingerprint density at radius 1 is 1.43 bits per heavy atom. The van der Waals surface area contributed by atoms with Crippen molar-refractivity contribution < 1.29 is 9.66 Å². The number of nitrogens with zero attached hydrogens (tertiary/aromatic N) is 2. The maximum atomic E-state index is 10.9. The van der Waals surface area contributed by atoms with Gasteiger partial charge in [0.2, 0.25) is 0 Å². The molecule has 2 N–H and O–H groups in total. The Morgan fingerprint density at radius 3 is 2.81 bits per heavy atom. The number of non-ortho nitro benzene ring substituents is 1. The second-order valence-electron chi connectivity index (χ2n) is 5.13. The molecule has 1 aromatic heterocycles. The summed E-state index contributed by atoms with van der Waals surface area (Å²) in [6.07, 6.45) is 4.75. The number of nitro benzene ring substituents is 1. The molecule has 0 aliphatic heterocycles. The molecule has 0 aliphatic carbocycles. The van der Waals surface area contributed by atoms with Gasteiger partial charge in [-0.15, -0.1) is 0 Å². The van der Waals surface area contributed by atoms with Crippen LogP contribution in [-0.4, -0.2) is 22.6 Å². The van der Waals surface area contributed by atoms with Crippen LogP contribution in [0.25, 0.3) is 0 Å². The first-order chi connectivity index (χ1) is 9.99. The minimum atomic E-state index is -0.403. The third kappa shape index (κ3) is 3.82. The van der Waals surface area contributed by atoms with E-state index in [1.807, 2.05) is 30.0 Å². The summed E-state index contributed by atoms with van der Waals surface area (Å²) in [4.78, 5) is 10.5. The van der Waals surface area contributed by atoms with E-state index in [4.69, 9.17) is 10.5 Å². The predicted molar refractivity (Wildman–Crippen MR) is 80.5 cm³/mol. The van der Waals surface area contributed by atoms with Gasteiger partial charge in [-0.3, -0.25) is 10.1 Å². The van der Waals surface area contributed by atoms with Crippen LogP contribution in [0.3, 0.4) is 0 Å². The van der Waals surface area contributed by atoms with E-state index in [0.29, 0.717) is 12.3 Å². The molecule has 0 saturated heterocycles. The fraction of sp³-hybridized carbons (Fsp3) is 0.333. The molecule has 0 spiro atoms. The van der Waals surface area contributed by atoms with E-state index >= 15 is 0 Å². The minimum absolute atomic E-state index is 0.0637. The van der Waals surface area contributed by atoms with Gasteiger partial charge in [0, 0.05) is 36.1 Å². The van der Waals surface area contributed by atoms with Crippen molar-refractivity contribution >= 4 is 5.69 Å². The highest BCUT2D eigenvalue weighted by Gasteiger charge is 2.12. The Morgan fingerprint density at radius 2 is 2.19 bits per heavy atom. The zero-order valence-corrected chi connectivity index (χ0v) is 12.2. The molecule has 6 heteroatoms. The van der Waals surface area contributed by atoms with Gasteiger partial charge < -0.3 is 15.0 Å². The van der Waals surface area contributed by atoms with Crippen LogP contribution in [-0.2, 0) is 13.0 Å². The summed E-state index contributed by atoms with van der Waals surface area (Å²) in [5.41, 5.74) is 7.76. The normalized spacial score (nSPS) is 12.1. The maximum absolute atomic E-state index is 10.9. The number of benzene rings is 1. The Kier molecular flexibility index (Phi) is 4.59. The van der Waals surface area contributed by atoms with E-state index < -0.39 is 4.92 Å². The summed E-state index contributed by atoms with van der Waals surface area (Å²) in [5, 5.41) is 10.9. The van der Waals surface area contributed by atoms with Crippen LogP contribution in [0.5, 0.6) is 5.75 Å². The number of aromatic nitrogens is 1. The van der Waals surface area contributed by atoms with Crippen molar-refractivity contribution in [2.24, 2.45) is 5.73 Å². The molecular weight excluding hydrogens is 270 g/mol. The molecule has 0 aliphatic rings. The van der Waals surface area contributed by atoms with Crippen molar-refractivity contribution in [1.29, 1.82) is 0 Å². The molecule has 2 aromatic rings. The number of methoxy groups -OCH3 is 1. The molecule has 112 valence electrons. The van der Waals surface area contributed by atoms with Gasteiger partial charge in [0.1, 0.15) is 5.75 Å². The lowest BCUT2D eigenvalue weighted by Crippen LogP contribution is -2.17. The summed E-state index contributed by atoms with van der Waals surface area (Å²) in [7, 11) is 1.56. The van der Waals surface area contributed by atoms with Gasteiger partial charge in [0.25, 0.3) is 5.69 Å². The number of hydrogen-bond donors (Lipinski definition) is 1. The van der Waals surface area contributed by atoms with E-state index in [0.717, 1.165) is 17.5 Å². The molecule has 0 amide bonds. The SMILES string of the molecule is COc1ccc([N+](=O)[O-])cc1Cn1ccc(CC(C)N)c1. The van der Waals surface area contributed by atoms with Gasteiger partial charge in [-0.25, -0.2) is 0 Å². The molecule has 0 bridgehead atoms. The van der Waals surface area contributed by atoms with E-state index in [2.05, 4.69) is 0 Å². The van der Waals surface area contributed by atoms with Gasteiger partial charge in [-0.2, -0.15) is 0 Å². The number of ether oxygens (including phenoxy) is 1. The monoisotopic (exact) mass is 289 g/mol. The topological polar surface area (TPSA) is 83.3 Å². The Hall–Kier alpha value is -2.34. The zero-order chi connectivity index (χ0) is 15.4. The molecule has 0 saturated carbocycles. The van der Waals surface area contributed by atoms with Gasteiger partial charge in [-0.05, 0) is 31.0 Å². The molecule has 6 nitrogen and oxygen atoms in total. The van der Waals surface area contributed by atoms with Gasteiger partial charge in [-0.1, -0.05) is 0 Å². The van der Waals surface area contributed by atoms with E-state index in [-0.39, 0.29) is 11.7 Å². The average molecular weight is 289 g/mol. The lowest BCUT2D eigenvalue weighted by atomic mass is 10.1. The fourth-order valence-corrected chi connectivity index (χ4v) is 2.28. The van der Waals surface area contributed by atoms with Crippen LogP contribution in [0, 0.1) is 10.1 Å². The second-order valence-corrected chi connectivity index (χ2v) is 5.13. The van der Waals surface area contributed by atoms with Crippen molar-refractivity contribution in [3.05, 3.63) is 57.9 Å². The van der Waals surface area contributed by atoms with Crippen molar-refractivity contribution in [3.63, 3.8) is 0 Å². The first kappa shape index (κ1) is 15.1. The van der Waals surface area contributed by atoms with Crippen LogP contribution in [0.2, 0.25) is 0 Å². The van der Waals surface area contributed by atoms with Crippen LogP contribution >= 0.6 is 0 Å². The molecule has 1 atom stereocenters. The summed E-state index contributed by atoms with van der Waals surface area (Å²) < 4.78 is 7.24. The Bertz CT molecular complexity index is 635. The lowest BCUT2D eigenvalue weighted by Gasteiger charge is -2.09. The second kappa shape index (κ2) is 6.41. The van der Waals surface area contributed by atoms with Crippen molar-refractivity contribution in [2.75, 3.05) is 7.11 Å². The number of hydrogen-bond acceptors (Lipinski definition) is 4. The molecule has 1 heterocycles. The fourth-order valence-electron chi connectivity index (χ4n) is 2.28. The first-order valence-corrected chi connectivity index (χ1v) is 6.71. The lowest BCUT2D eigenvalue weighted by molar-refractivity contribution is -0.384. The van der Waals surface area contributed by atoms with E-state index in [9.17, 15) is 10.1 Å². The van der Waals surface area contributed by atoms with Crippen molar-refractivity contribution in [1.82, 2.24) is 4.57 Å². The highest BCUT2D eigenvalue weighted by molar-refractivity contribution is 5.44. The smallest absolute Gasteiger partial charge is 0.270 e. The Labute approximate surface area is 123 Å². The number of nitrogens with two attached hydrogens (primary N) is 1. The summed E-state index contributed by atoms with van der Waals surface area (Å²) in [6, 6.07) is 6.73. The third-order valence-corrected chi connectivity index (χ3v) is 3.20. The van der Waals surface area contributed by atoms with E-state index in [1.54, 1.807) is 19.2 Å². The Balaban J connectivity index is 2.23. The molecule has 0 fully saturated rings. The largest absolute Gasteiger partial charge is 0.496 e. The van der Waals surface area contributed by atoms with Crippen LogP contribution in [0.15, 0.2) is 36.7 Å². The van der Waals surface area contributed by atoms with Crippen LogP contribution in [0.4, 0.5) is 5.69 Å². The summed E-state index contributed by atoms with van der Waals surface area (Å²) in [6.45, 7) is 2.48. The maximum Gasteiger partial charge on any atom is 0.270 e. The number of nitro groups is 1. The predicted octanol–water partition coefficient (Wildman–Crippen LogP) is 2.34. The molecule has 1 unspecified atom stereocenters. The first-order valence-electron chi connectivity index (χ1n) is 6.71. The summed E-state index contributed by atoms with van der Waals surface area (Å²) >= 11 is 0. The van der Waals surface area contributed by atoms with E-state index in [1.165, 1.54) is 6.07 Å². The van der Waals surface area contributed by atoms with Crippen LogP contribution in [0.1, 0.15) is 18.1 Å². The highest BCUT2D eigenvalue weighted by Crippen LogP contribution is 2.25. The van der Waals surface area contributed by atoms with Crippen molar-refractivity contribution in [3.8, 4) is 5.75 Å². The number of rotatable bonds is 6. The molecule has 0 radical (unpaired) electrons. The molecule has 2 rings (SSSR count). The zero-order valence-electron chi connectivity index (χ0n) is 12.2. The van der Waals surface area contributed by atoms with Gasteiger partial charge >= 0.3 is 0 Å². The third-order valence-electron chi connectivity index (χ3n) is 3.20. The van der Waals surface area contributed by atoms with Gasteiger partial charge in [0.05, 0.1) is 18.6 Å². The molecular formula is C15H19N3O3. The quantitative estimate of drug-likeness (QED) is 0.653. The summed E-state index contributed by atoms with van der Waals surface area (Å²) in [5.74, 6) is 0.642. The molecule has 21 heavy (non-hydrogen) atoms. The molecule has 1 aromatic carbocycles.